The Morgan fingerprint density at radius 3 is 2.44 bits per heavy atom. The van der Waals surface area contributed by atoms with Gasteiger partial charge < -0.3 is 25.0 Å². The van der Waals surface area contributed by atoms with Gasteiger partial charge in [-0.1, -0.05) is 58.6 Å². The van der Waals surface area contributed by atoms with Crippen molar-refractivity contribution in [1.82, 2.24) is 15.5 Å². The number of unbranched alkanes of at least 4 members (excludes halogenated alkanes) is 4. The summed E-state index contributed by atoms with van der Waals surface area (Å²) in [6, 6.07) is -1.90. The first kappa shape index (κ1) is 34.4. The van der Waals surface area contributed by atoms with Gasteiger partial charge in [0.05, 0.1) is 6.61 Å². The molecule has 3 amide bonds. The smallest absolute Gasteiger partial charge is 0.408 e. The number of cyclic esters (lactones) is 1. The average molecular weight is 552 g/mol. The molecule has 1 aliphatic heterocycles. The van der Waals surface area contributed by atoms with Crippen LogP contribution in [0.5, 0.6) is 0 Å². The Labute approximate surface area is 235 Å². The molecule has 0 aromatic rings. The second-order valence-electron chi connectivity index (χ2n) is 11.2. The number of amides is 3. The minimum Gasteiger partial charge on any atom is -0.464 e. The maximum atomic E-state index is 13.4. The second-order valence-corrected chi connectivity index (χ2v) is 11.2. The van der Waals surface area contributed by atoms with E-state index in [1.165, 1.54) is 24.2 Å². The van der Waals surface area contributed by atoms with Crippen molar-refractivity contribution in [1.29, 1.82) is 0 Å². The molecule has 9 heteroatoms. The molecule has 224 valence electrons. The molecule has 0 radical (unpaired) electrons. The highest BCUT2D eigenvalue weighted by Crippen LogP contribution is 2.19. The fourth-order valence-corrected chi connectivity index (χ4v) is 4.79. The monoisotopic (exact) mass is 551 g/mol. The SMILES string of the molecule is CCCCCCCC1CCC/C=C/CC(C(=O)N(C)C)C[C@@H](C(=O)OCC)NC(=O)[C@H](CC(C)C)NC(=O)O1. The van der Waals surface area contributed by atoms with Gasteiger partial charge in [-0.25, -0.2) is 9.59 Å². The number of nitrogens with zero attached hydrogens (tertiary/aromatic N) is 1. The topological polar surface area (TPSA) is 114 Å². The fraction of sp³-hybridized carbons (Fsp3) is 0.800. The van der Waals surface area contributed by atoms with Crippen molar-refractivity contribution in [3.8, 4) is 0 Å². The van der Waals surface area contributed by atoms with Crippen LogP contribution in [0.3, 0.4) is 0 Å². The van der Waals surface area contributed by atoms with E-state index in [9.17, 15) is 19.2 Å². The van der Waals surface area contributed by atoms with E-state index in [1.807, 2.05) is 26.0 Å². The van der Waals surface area contributed by atoms with E-state index in [0.717, 1.165) is 38.5 Å². The highest BCUT2D eigenvalue weighted by molar-refractivity contribution is 5.90. The predicted molar refractivity (Wildman–Crippen MR) is 153 cm³/mol. The van der Waals surface area contributed by atoms with E-state index in [4.69, 9.17) is 9.47 Å². The lowest BCUT2D eigenvalue weighted by Gasteiger charge is -2.27. The van der Waals surface area contributed by atoms with Crippen molar-refractivity contribution in [2.24, 2.45) is 11.8 Å². The van der Waals surface area contributed by atoms with E-state index in [-0.39, 0.29) is 31.0 Å². The van der Waals surface area contributed by atoms with Gasteiger partial charge in [0.1, 0.15) is 18.2 Å². The number of rotatable bonds is 11. The van der Waals surface area contributed by atoms with Crippen LogP contribution in [-0.4, -0.2) is 67.7 Å². The molecule has 0 saturated carbocycles. The molecule has 4 atom stereocenters. The number of hydrogen-bond acceptors (Lipinski definition) is 6. The van der Waals surface area contributed by atoms with E-state index in [0.29, 0.717) is 12.8 Å². The average Bonchev–Trinajstić information content (AvgIpc) is 2.87. The third-order valence-electron chi connectivity index (χ3n) is 6.90. The van der Waals surface area contributed by atoms with Gasteiger partial charge in [-0.05, 0) is 64.2 Å². The number of hydrogen-bond donors (Lipinski definition) is 2. The van der Waals surface area contributed by atoms with Gasteiger partial charge in [-0.3, -0.25) is 9.59 Å². The molecule has 0 aromatic carbocycles. The lowest BCUT2D eigenvalue weighted by atomic mass is 9.93. The predicted octanol–water partition coefficient (Wildman–Crippen LogP) is 5.13. The molecule has 0 spiro atoms. The first-order valence-electron chi connectivity index (χ1n) is 14.9. The van der Waals surface area contributed by atoms with Crippen LogP contribution >= 0.6 is 0 Å². The molecular weight excluding hydrogens is 498 g/mol. The van der Waals surface area contributed by atoms with Crippen molar-refractivity contribution >= 4 is 23.9 Å². The van der Waals surface area contributed by atoms with Crippen LogP contribution in [0.15, 0.2) is 12.2 Å². The van der Waals surface area contributed by atoms with Gasteiger partial charge in [-0.2, -0.15) is 0 Å². The Balaban J connectivity index is 3.20. The zero-order chi connectivity index (χ0) is 29.2. The van der Waals surface area contributed by atoms with E-state index in [1.54, 1.807) is 21.0 Å². The minimum absolute atomic E-state index is 0.102. The van der Waals surface area contributed by atoms with Crippen LogP contribution in [0.1, 0.15) is 105 Å². The molecule has 1 aliphatic rings. The molecule has 0 saturated heterocycles. The van der Waals surface area contributed by atoms with Crippen molar-refractivity contribution < 1.29 is 28.7 Å². The van der Waals surface area contributed by atoms with Crippen LogP contribution in [0, 0.1) is 11.8 Å². The number of nitrogens with one attached hydrogen (secondary N) is 2. The molecule has 0 bridgehead atoms. The molecule has 9 nitrogen and oxygen atoms in total. The van der Waals surface area contributed by atoms with E-state index >= 15 is 0 Å². The second kappa shape index (κ2) is 19.5. The Morgan fingerprint density at radius 2 is 1.79 bits per heavy atom. The first-order valence-corrected chi connectivity index (χ1v) is 14.9. The van der Waals surface area contributed by atoms with Crippen LogP contribution < -0.4 is 10.6 Å². The Morgan fingerprint density at radius 1 is 1.08 bits per heavy atom. The molecule has 2 unspecified atom stereocenters. The van der Waals surface area contributed by atoms with Crippen molar-refractivity contribution in [2.45, 2.75) is 123 Å². The molecule has 1 heterocycles. The molecule has 0 aliphatic carbocycles. The van der Waals surface area contributed by atoms with Gasteiger partial charge in [-0.15, -0.1) is 0 Å². The van der Waals surface area contributed by atoms with Crippen molar-refractivity contribution in [3.63, 3.8) is 0 Å². The summed E-state index contributed by atoms with van der Waals surface area (Å²) in [5, 5.41) is 5.52. The number of ether oxygens (including phenoxy) is 2. The fourth-order valence-electron chi connectivity index (χ4n) is 4.79. The molecule has 2 N–H and O–H groups in total. The normalized spacial score (nSPS) is 24.3. The Hall–Kier alpha value is -2.58. The summed E-state index contributed by atoms with van der Waals surface area (Å²) in [5.74, 6) is -1.60. The third kappa shape index (κ3) is 14.4. The van der Waals surface area contributed by atoms with Gasteiger partial charge in [0.25, 0.3) is 0 Å². The van der Waals surface area contributed by atoms with Crippen LogP contribution in [0.2, 0.25) is 0 Å². The van der Waals surface area contributed by atoms with Crippen molar-refractivity contribution in [3.05, 3.63) is 12.2 Å². The van der Waals surface area contributed by atoms with E-state index < -0.39 is 36.0 Å². The molecular formula is C30H53N3O6. The van der Waals surface area contributed by atoms with Crippen LogP contribution in [0.25, 0.3) is 0 Å². The van der Waals surface area contributed by atoms with Crippen LogP contribution in [0.4, 0.5) is 4.79 Å². The summed E-state index contributed by atoms with van der Waals surface area (Å²) in [4.78, 5) is 53.6. The molecule has 39 heavy (non-hydrogen) atoms. The summed E-state index contributed by atoms with van der Waals surface area (Å²) >= 11 is 0. The molecule has 0 aromatic heterocycles. The quantitative estimate of drug-likeness (QED) is 0.209. The van der Waals surface area contributed by atoms with Crippen LogP contribution in [-0.2, 0) is 23.9 Å². The summed E-state index contributed by atoms with van der Waals surface area (Å²) in [7, 11) is 3.36. The van der Waals surface area contributed by atoms with Gasteiger partial charge in [0.2, 0.25) is 11.8 Å². The summed E-state index contributed by atoms with van der Waals surface area (Å²) in [6.45, 7) is 7.94. The molecule has 1 rings (SSSR count). The highest BCUT2D eigenvalue weighted by atomic mass is 16.6. The Bertz CT molecular complexity index is 783. The van der Waals surface area contributed by atoms with Gasteiger partial charge in [0.15, 0.2) is 0 Å². The minimum atomic E-state index is -1.02. The Kier molecular flexibility index (Phi) is 17.2. The molecule has 0 fully saturated rings. The zero-order valence-electron chi connectivity index (χ0n) is 25.1. The first-order chi connectivity index (χ1) is 18.6. The lowest BCUT2D eigenvalue weighted by Crippen LogP contribution is -2.53. The summed E-state index contributed by atoms with van der Waals surface area (Å²) in [6.07, 6.45) is 12.9. The highest BCUT2D eigenvalue weighted by Gasteiger charge is 2.33. The van der Waals surface area contributed by atoms with Crippen molar-refractivity contribution in [2.75, 3.05) is 20.7 Å². The number of allylic oxidation sites excluding steroid dienone is 2. The number of carbonyl (C=O) groups is 4. The maximum absolute atomic E-state index is 13.4. The zero-order valence-corrected chi connectivity index (χ0v) is 25.1. The number of esters is 1. The number of carbonyl (C=O) groups excluding carboxylic acids is 4. The third-order valence-corrected chi connectivity index (χ3v) is 6.90. The maximum Gasteiger partial charge on any atom is 0.408 e. The summed E-state index contributed by atoms with van der Waals surface area (Å²) in [5.41, 5.74) is 0. The standard InChI is InChI=1S/C30H53N3O6/c1-7-9-10-11-15-18-24-19-16-13-12-14-17-23(28(35)33(5)6)21-26(29(36)38-8-2)31-27(34)25(20-22(3)4)32-30(37)39-24/h12,14,22-26H,7-11,13,15-21H2,1-6H3,(H,31,34)(H,32,37)/b14-12+/t23?,24?,25-,26-/m0/s1. The van der Waals surface area contributed by atoms with Gasteiger partial charge >= 0.3 is 12.1 Å². The van der Waals surface area contributed by atoms with Gasteiger partial charge in [0, 0.05) is 20.0 Å². The summed E-state index contributed by atoms with van der Waals surface area (Å²) < 4.78 is 11.0. The lowest BCUT2D eigenvalue weighted by molar-refractivity contribution is -0.148. The number of alkyl carbamates (subject to hydrolysis) is 1. The largest absolute Gasteiger partial charge is 0.464 e. The van der Waals surface area contributed by atoms with E-state index in [2.05, 4.69) is 17.6 Å².